The number of nitrogens with one attached hydrogen (secondary N) is 1. The summed E-state index contributed by atoms with van der Waals surface area (Å²) in [7, 11) is 0. The second-order valence-electron chi connectivity index (χ2n) is 6.39. The number of rotatable bonds is 5. The Balaban J connectivity index is 1.73. The van der Waals surface area contributed by atoms with Crippen LogP contribution in [0, 0.1) is 0 Å². The SMILES string of the molecule is Nc1ncnc2c1nc(NN=Cc1ccccc1O)n2[C@@H]1O[C@H](CO)[C@@H](O)[C@H]1O. The molecule has 2 aromatic heterocycles. The smallest absolute Gasteiger partial charge is 0.228 e. The van der Waals surface area contributed by atoms with Crippen molar-refractivity contribution in [3.8, 4) is 5.75 Å². The topological polar surface area (TPSA) is 184 Å². The summed E-state index contributed by atoms with van der Waals surface area (Å²) in [5, 5.41) is 43.8. The Morgan fingerprint density at radius 1 is 1.24 bits per heavy atom. The van der Waals surface area contributed by atoms with Gasteiger partial charge in [0.2, 0.25) is 5.95 Å². The number of para-hydroxylation sites is 1. The number of aliphatic hydroxyl groups is 3. The van der Waals surface area contributed by atoms with E-state index >= 15 is 0 Å². The Kier molecular flexibility index (Phi) is 4.98. The predicted molar refractivity (Wildman–Crippen MR) is 102 cm³/mol. The number of phenols is 1. The third-order valence-corrected chi connectivity index (χ3v) is 4.58. The summed E-state index contributed by atoms with van der Waals surface area (Å²) >= 11 is 0. The lowest BCUT2D eigenvalue weighted by Gasteiger charge is -2.18. The monoisotopic (exact) mass is 401 g/mol. The Morgan fingerprint density at radius 2 is 2.03 bits per heavy atom. The summed E-state index contributed by atoms with van der Waals surface area (Å²) in [5.74, 6) is 0.257. The van der Waals surface area contributed by atoms with Gasteiger partial charge in [0, 0.05) is 5.56 Å². The highest BCUT2D eigenvalue weighted by Gasteiger charge is 2.45. The minimum absolute atomic E-state index is 0.0464. The number of fused-ring (bicyclic) bond motifs is 1. The van der Waals surface area contributed by atoms with Gasteiger partial charge >= 0.3 is 0 Å². The van der Waals surface area contributed by atoms with Crippen LogP contribution in [-0.4, -0.2) is 71.1 Å². The Morgan fingerprint density at radius 3 is 2.76 bits per heavy atom. The first kappa shape index (κ1) is 19.0. The van der Waals surface area contributed by atoms with E-state index in [9.17, 15) is 20.4 Å². The fourth-order valence-electron chi connectivity index (χ4n) is 3.10. The number of benzene rings is 1. The Labute approximate surface area is 163 Å². The lowest BCUT2D eigenvalue weighted by Crippen LogP contribution is -2.33. The molecule has 0 radical (unpaired) electrons. The fraction of sp³-hybridized carbons (Fsp3) is 0.294. The van der Waals surface area contributed by atoms with Crippen molar-refractivity contribution in [3.05, 3.63) is 36.2 Å². The van der Waals surface area contributed by atoms with Crippen molar-refractivity contribution in [2.24, 2.45) is 5.10 Å². The minimum atomic E-state index is -1.36. The molecule has 0 spiro atoms. The number of nitrogens with two attached hydrogens (primary N) is 1. The van der Waals surface area contributed by atoms with Crippen LogP contribution in [0.1, 0.15) is 11.8 Å². The molecule has 7 N–H and O–H groups in total. The largest absolute Gasteiger partial charge is 0.507 e. The maximum absolute atomic E-state index is 10.4. The molecule has 29 heavy (non-hydrogen) atoms. The fourth-order valence-corrected chi connectivity index (χ4v) is 3.10. The van der Waals surface area contributed by atoms with E-state index in [1.165, 1.54) is 23.2 Å². The number of nitrogen functional groups attached to an aromatic ring is 1. The van der Waals surface area contributed by atoms with E-state index in [2.05, 4.69) is 25.5 Å². The second-order valence-corrected chi connectivity index (χ2v) is 6.39. The number of aromatic hydroxyl groups is 1. The van der Waals surface area contributed by atoms with Gasteiger partial charge in [-0.3, -0.25) is 4.57 Å². The molecular weight excluding hydrogens is 382 g/mol. The highest BCUT2D eigenvalue weighted by molar-refractivity contribution is 5.85. The minimum Gasteiger partial charge on any atom is -0.507 e. The maximum atomic E-state index is 10.4. The van der Waals surface area contributed by atoms with Gasteiger partial charge in [-0.1, -0.05) is 12.1 Å². The van der Waals surface area contributed by atoms with Gasteiger partial charge in [-0.2, -0.15) is 5.10 Å². The Bertz CT molecular complexity index is 1060. The summed E-state index contributed by atoms with van der Waals surface area (Å²) in [6.07, 6.45) is -2.14. The van der Waals surface area contributed by atoms with E-state index < -0.39 is 31.1 Å². The van der Waals surface area contributed by atoms with Crippen molar-refractivity contribution in [3.63, 3.8) is 0 Å². The van der Waals surface area contributed by atoms with Crippen LogP contribution in [0.2, 0.25) is 0 Å². The normalized spacial score (nSPS) is 24.5. The molecule has 0 amide bonds. The average Bonchev–Trinajstić information content (AvgIpc) is 3.22. The molecule has 0 unspecified atom stereocenters. The zero-order valence-corrected chi connectivity index (χ0v) is 15.0. The zero-order valence-electron chi connectivity index (χ0n) is 15.0. The summed E-state index contributed by atoms with van der Waals surface area (Å²) in [5.41, 5.74) is 9.53. The Hall–Kier alpha value is -3.32. The van der Waals surface area contributed by atoms with Crippen molar-refractivity contribution in [1.82, 2.24) is 19.5 Å². The molecule has 1 aliphatic rings. The molecule has 1 aromatic carbocycles. The first-order chi connectivity index (χ1) is 14.0. The van der Waals surface area contributed by atoms with E-state index in [0.29, 0.717) is 5.56 Å². The van der Waals surface area contributed by atoms with Crippen LogP contribution >= 0.6 is 0 Å². The molecule has 0 aliphatic carbocycles. The number of imidazole rings is 1. The van der Waals surface area contributed by atoms with Crippen LogP contribution in [0.3, 0.4) is 0 Å². The highest BCUT2D eigenvalue weighted by Crippen LogP contribution is 2.35. The summed E-state index contributed by atoms with van der Waals surface area (Å²) in [6.45, 7) is -0.479. The number of ether oxygens (including phenoxy) is 1. The zero-order chi connectivity index (χ0) is 20.5. The first-order valence-corrected chi connectivity index (χ1v) is 8.69. The number of nitrogens with zero attached hydrogens (tertiary/aromatic N) is 5. The maximum Gasteiger partial charge on any atom is 0.228 e. The number of phenolic OH excluding ortho intramolecular Hbond substituents is 1. The number of aromatic nitrogens is 4. The van der Waals surface area contributed by atoms with Gasteiger partial charge in [0.1, 0.15) is 30.4 Å². The average molecular weight is 401 g/mol. The van der Waals surface area contributed by atoms with Crippen LogP contribution in [-0.2, 0) is 4.74 Å². The number of aliphatic hydroxyl groups excluding tert-OH is 3. The van der Waals surface area contributed by atoms with Gasteiger partial charge in [-0.15, -0.1) is 0 Å². The van der Waals surface area contributed by atoms with Crippen molar-refractivity contribution < 1.29 is 25.2 Å². The first-order valence-electron chi connectivity index (χ1n) is 8.69. The van der Waals surface area contributed by atoms with E-state index in [-0.39, 0.29) is 28.7 Å². The predicted octanol–water partition coefficient (Wildman–Crippen LogP) is -0.828. The lowest BCUT2D eigenvalue weighted by molar-refractivity contribution is -0.0501. The van der Waals surface area contributed by atoms with E-state index in [1.54, 1.807) is 18.2 Å². The van der Waals surface area contributed by atoms with Gasteiger partial charge in [0.15, 0.2) is 23.2 Å². The summed E-state index contributed by atoms with van der Waals surface area (Å²) in [4.78, 5) is 12.3. The summed E-state index contributed by atoms with van der Waals surface area (Å²) < 4.78 is 6.97. The van der Waals surface area contributed by atoms with Crippen molar-refractivity contribution >= 4 is 29.1 Å². The number of anilines is 2. The molecule has 3 aromatic rings. The molecule has 1 saturated heterocycles. The van der Waals surface area contributed by atoms with Crippen molar-refractivity contribution in [2.45, 2.75) is 24.5 Å². The molecule has 0 saturated carbocycles. The highest BCUT2D eigenvalue weighted by atomic mass is 16.6. The molecule has 152 valence electrons. The third-order valence-electron chi connectivity index (χ3n) is 4.58. The van der Waals surface area contributed by atoms with Crippen LogP contribution in [0.25, 0.3) is 11.2 Å². The molecule has 1 aliphatic heterocycles. The van der Waals surface area contributed by atoms with Crippen LogP contribution in [0.5, 0.6) is 5.75 Å². The number of hydrogen-bond acceptors (Lipinski definition) is 11. The van der Waals surface area contributed by atoms with E-state index in [0.717, 1.165) is 0 Å². The second kappa shape index (κ2) is 7.60. The quantitative estimate of drug-likeness (QED) is 0.233. The van der Waals surface area contributed by atoms with E-state index in [4.69, 9.17) is 10.5 Å². The molecular formula is C17H19N7O5. The van der Waals surface area contributed by atoms with Gasteiger partial charge in [0.05, 0.1) is 12.8 Å². The van der Waals surface area contributed by atoms with Gasteiger partial charge < -0.3 is 30.9 Å². The lowest BCUT2D eigenvalue weighted by atomic mass is 10.1. The van der Waals surface area contributed by atoms with Crippen LogP contribution < -0.4 is 11.2 Å². The molecule has 12 nitrogen and oxygen atoms in total. The van der Waals surface area contributed by atoms with Gasteiger partial charge in [-0.05, 0) is 12.1 Å². The summed E-state index contributed by atoms with van der Waals surface area (Å²) in [6, 6.07) is 6.61. The van der Waals surface area contributed by atoms with Crippen molar-refractivity contribution in [2.75, 3.05) is 17.8 Å². The molecule has 3 heterocycles. The van der Waals surface area contributed by atoms with E-state index in [1.807, 2.05) is 0 Å². The third kappa shape index (κ3) is 3.34. The number of hydrazone groups is 1. The molecule has 4 atom stereocenters. The molecule has 4 rings (SSSR count). The van der Waals surface area contributed by atoms with Crippen LogP contribution in [0.15, 0.2) is 35.7 Å². The number of hydrogen-bond donors (Lipinski definition) is 6. The standard InChI is InChI=1S/C17H19N7O5/c18-14-11-15(20-7-19-14)24(16-13(28)12(27)10(6-25)29-16)17(22-11)23-21-5-8-3-1-2-4-9(8)26/h1-5,7,10,12-13,16,25-28H,6H2,(H,22,23)(H2,18,19,20)/t10-,12-,13-,16-/m1/s1. The van der Waals surface area contributed by atoms with Gasteiger partial charge in [-0.25, -0.2) is 20.4 Å². The van der Waals surface area contributed by atoms with Crippen LogP contribution in [0.4, 0.5) is 11.8 Å². The van der Waals surface area contributed by atoms with Crippen molar-refractivity contribution in [1.29, 1.82) is 0 Å². The van der Waals surface area contributed by atoms with Gasteiger partial charge in [0.25, 0.3) is 0 Å². The molecule has 0 bridgehead atoms. The molecule has 1 fully saturated rings. The molecule has 12 heteroatoms.